The monoisotopic (exact) mass is 1320 g/mol. The van der Waals surface area contributed by atoms with Crippen LogP contribution in [0.1, 0.15) is 126 Å². The van der Waals surface area contributed by atoms with Gasteiger partial charge in [0, 0.05) is 31.4 Å². The van der Waals surface area contributed by atoms with Gasteiger partial charge in [0.15, 0.2) is 5.96 Å². The van der Waals surface area contributed by atoms with Crippen LogP contribution < -0.4 is 75.7 Å². The van der Waals surface area contributed by atoms with Gasteiger partial charge in [-0.05, 0) is 75.5 Å². The largest absolute Gasteiger partial charge is 0.481 e. The van der Waals surface area contributed by atoms with Crippen LogP contribution in [0.25, 0.3) is 0 Å². The van der Waals surface area contributed by atoms with E-state index in [0.717, 1.165) is 0 Å². The number of nitrogens with two attached hydrogens (primary N) is 3. The fourth-order valence-corrected chi connectivity index (χ4v) is 9.58. The van der Waals surface area contributed by atoms with Gasteiger partial charge in [-0.2, -0.15) is 0 Å². The molecule has 1 fully saturated rings. The summed E-state index contributed by atoms with van der Waals surface area (Å²) in [5.41, 5.74) is 16.4. The van der Waals surface area contributed by atoms with Gasteiger partial charge in [0.25, 0.3) is 0 Å². The van der Waals surface area contributed by atoms with Crippen LogP contribution in [0.3, 0.4) is 0 Å². The third kappa shape index (κ3) is 29.5. The van der Waals surface area contributed by atoms with Gasteiger partial charge in [-0.1, -0.05) is 55.4 Å². The molecule has 2 rings (SSSR count). The third-order valence-electron chi connectivity index (χ3n) is 14.1. The van der Waals surface area contributed by atoms with Gasteiger partial charge in [-0.15, -0.1) is 0 Å². The number of hydrogen-bond donors (Lipinski definition) is 18. The number of carboxylic acid groups (broad SMARTS) is 3. The van der Waals surface area contributed by atoms with E-state index in [2.05, 4.69) is 73.4 Å². The molecule has 1 aliphatic rings. The van der Waals surface area contributed by atoms with E-state index in [1.165, 1.54) is 24.3 Å². The van der Waals surface area contributed by atoms with Gasteiger partial charge >= 0.3 is 17.9 Å². The summed E-state index contributed by atoms with van der Waals surface area (Å²) in [5, 5.41) is 55.5. The van der Waals surface area contributed by atoms with Crippen LogP contribution in [0.4, 0.5) is 0 Å². The number of carbonyl (C=O) groups is 15. The molecule has 36 heteroatoms. The second-order valence-corrected chi connectivity index (χ2v) is 24.0. The van der Waals surface area contributed by atoms with Crippen molar-refractivity contribution in [1.82, 2.24) is 73.4 Å². The van der Waals surface area contributed by atoms with Gasteiger partial charge < -0.3 is 101 Å². The molecule has 0 unspecified atom stereocenters. The number of nitrogens with zero attached hydrogens (tertiary/aromatic N) is 3. The maximum Gasteiger partial charge on any atom is 0.326 e. The Labute approximate surface area is 537 Å². The molecule has 0 saturated carbocycles. The zero-order chi connectivity index (χ0) is 70.4. The van der Waals surface area contributed by atoms with Crippen LogP contribution in [0.5, 0.6) is 0 Å². The maximum atomic E-state index is 14.3. The molecule has 1 saturated heterocycles. The third-order valence-corrected chi connectivity index (χ3v) is 14.1. The Balaban J connectivity index is 2.32. The maximum absolute atomic E-state index is 14.3. The first-order chi connectivity index (χ1) is 43.5. The fraction of sp³-hybridized carbons (Fsp3) is 0.667. The summed E-state index contributed by atoms with van der Waals surface area (Å²) in [5.74, 6) is -16.8. The topological polar surface area (TPSA) is 571 Å². The van der Waals surface area contributed by atoms with Crippen LogP contribution in [-0.4, -0.2) is 218 Å². The smallest absolute Gasteiger partial charge is 0.326 e. The molecule has 1 aliphatic heterocycles. The Hall–Kier alpha value is -9.51. The molecule has 1 aromatic heterocycles. The number of rotatable bonds is 41. The number of guanidine groups is 1. The van der Waals surface area contributed by atoms with E-state index in [4.69, 9.17) is 17.2 Å². The number of aliphatic imine (C=N–C) groups is 1. The first kappa shape index (κ1) is 79.6. The zero-order valence-electron chi connectivity index (χ0n) is 53.9. The molecule has 21 N–H and O–H groups in total. The SMILES string of the molecule is CC(C)C[C@H](NC(=O)[C@@H]1CCCN1C(=O)[C@H](C)NC(=O)CNC(=O)[C@@H](NC(=O)[C@H](CC(C)C)NC(=O)[C@H](CC(C)C)NC(=O)[C@H](CC(=O)O)NC(=O)[C@H](Cc1cnc[nH]1)NC(=O)[C@H](CCCN=C(N)N)NC(=O)CNC(=O)[C@H](CC(=O)O)NC(=O)CN)C(C)C)C(=O)O. The predicted octanol–water partition coefficient (Wildman–Crippen LogP) is -5.60. The van der Waals surface area contributed by atoms with Crippen LogP contribution in [0.2, 0.25) is 0 Å². The number of carbonyl (C=O) groups excluding carboxylic acids is 12. The highest BCUT2D eigenvalue weighted by Crippen LogP contribution is 2.20. The molecule has 0 spiro atoms. The summed E-state index contributed by atoms with van der Waals surface area (Å²) < 4.78 is 0. The molecular formula is C57H94N18O18. The van der Waals surface area contributed by atoms with Crippen LogP contribution in [-0.2, 0) is 78.3 Å². The molecule has 0 aromatic carbocycles. The number of aromatic amines is 1. The summed E-state index contributed by atoms with van der Waals surface area (Å²) in [7, 11) is 0. The molecule has 0 aliphatic carbocycles. The van der Waals surface area contributed by atoms with Gasteiger partial charge in [0.05, 0.1) is 38.8 Å². The standard InChI is InChI=1S/C57H94N18O18/c1-27(2)16-34(49(85)70-35(17-28(3)4)52(88)74-46(30(7)8)54(90)64-24-42(77)66-31(9)55(91)75-15-11-13-40(75)53(89)73-39(56(92)93)18-29(5)6)69-51(87)38(21-45(81)82)72-50(86)36(19-32-23-61-26-65-32)71-48(84)33(12-10-14-62-57(59)60)67-43(78)25-63-47(83)37(20-44(79)80)68-41(76)22-58/h23,26-31,33-40,46H,10-22,24-25,58H2,1-9H3,(H,61,65)(H,63,83)(H,64,90)(H,66,77)(H,67,78)(H,68,76)(H,69,87)(H,70,85)(H,71,84)(H,72,86)(H,73,89)(H,74,88)(H,79,80)(H,81,82)(H,92,93)(H4,59,60,62)/t31-,33-,34-,35-,36-,37-,38-,39-,40-,46-/m0/s1. The van der Waals surface area contributed by atoms with Gasteiger partial charge in [-0.25, -0.2) is 9.78 Å². The highest BCUT2D eigenvalue weighted by molar-refractivity contribution is 6.00. The molecule has 93 heavy (non-hydrogen) atoms. The number of imidazole rings is 1. The van der Waals surface area contributed by atoms with Crippen LogP contribution in [0.15, 0.2) is 17.5 Å². The molecule has 1 aromatic rings. The first-order valence-electron chi connectivity index (χ1n) is 30.5. The van der Waals surface area contributed by atoms with Crippen molar-refractivity contribution in [2.45, 2.75) is 187 Å². The number of nitrogens with one attached hydrogen (secondary N) is 12. The van der Waals surface area contributed by atoms with Crippen molar-refractivity contribution in [3.8, 4) is 0 Å². The van der Waals surface area contributed by atoms with E-state index in [1.54, 1.807) is 55.4 Å². The number of aromatic nitrogens is 2. The molecule has 10 atom stereocenters. The van der Waals surface area contributed by atoms with E-state index in [1.807, 2.05) is 0 Å². The molecule has 2 heterocycles. The normalized spacial score (nSPS) is 15.7. The first-order valence-corrected chi connectivity index (χ1v) is 30.5. The average Bonchev–Trinajstić information content (AvgIpc) is 1.79. The molecule has 36 nitrogen and oxygen atoms in total. The Morgan fingerprint density at radius 1 is 0.581 bits per heavy atom. The van der Waals surface area contributed by atoms with Crippen molar-refractivity contribution in [2.75, 3.05) is 32.7 Å². The predicted molar refractivity (Wildman–Crippen MR) is 330 cm³/mol. The highest BCUT2D eigenvalue weighted by Gasteiger charge is 2.40. The van der Waals surface area contributed by atoms with Gasteiger partial charge in [0.2, 0.25) is 70.9 Å². The van der Waals surface area contributed by atoms with E-state index in [9.17, 15) is 87.2 Å². The minimum atomic E-state index is -1.94. The summed E-state index contributed by atoms with van der Waals surface area (Å²) in [6, 6.07) is -14.2. The summed E-state index contributed by atoms with van der Waals surface area (Å²) >= 11 is 0. The van der Waals surface area contributed by atoms with Crippen molar-refractivity contribution >= 4 is 94.8 Å². The van der Waals surface area contributed by atoms with Crippen LogP contribution in [0, 0.1) is 23.7 Å². The minimum absolute atomic E-state index is 0.0116. The molecule has 0 radical (unpaired) electrons. The van der Waals surface area contributed by atoms with E-state index in [0.29, 0.717) is 6.42 Å². The lowest BCUT2D eigenvalue weighted by atomic mass is 9.98. The quantitative estimate of drug-likeness (QED) is 0.0165. The minimum Gasteiger partial charge on any atom is -0.481 e. The van der Waals surface area contributed by atoms with E-state index >= 15 is 0 Å². The van der Waals surface area contributed by atoms with Crippen molar-refractivity contribution in [3.05, 3.63) is 18.2 Å². The Morgan fingerprint density at radius 3 is 1.56 bits per heavy atom. The summed E-state index contributed by atoms with van der Waals surface area (Å²) in [6.07, 6.45) is 0.819. The average molecular weight is 1320 g/mol. The lowest BCUT2D eigenvalue weighted by molar-refractivity contribution is -0.145. The van der Waals surface area contributed by atoms with Gasteiger partial charge in [0.1, 0.15) is 60.4 Å². The van der Waals surface area contributed by atoms with Crippen molar-refractivity contribution in [3.63, 3.8) is 0 Å². The molecule has 520 valence electrons. The molecule has 12 amide bonds. The van der Waals surface area contributed by atoms with Crippen molar-refractivity contribution in [2.24, 2.45) is 45.9 Å². The Morgan fingerprint density at radius 2 is 1.05 bits per heavy atom. The Kier molecular flexibility index (Phi) is 34.0. The molecular weight excluding hydrogens is 1220 g/mol. The van der Waals surface area contributed by atoms with Crippen LogP contribution >= 0.6 is 0 Å². The number of likely N-dealkylation sites (tertiary alicyclic amines) is 1. The fourth-order valence-electron chi connectivity index (χ4n) is 9.58. The van der Waals surface area contributed by atoms with Crippen molar-refractivity contribution in [1.29, 1.82) is 0 Å². The lowest BCUT2D eigenvalue weighted by Gasteiger charge is -2.29. The number of aliphatic carboxylic acids is 3. The summed E-state index contributed by atoms with van der Waals surface area (Å²) in [6.45, 7) is 13.1. The lowest BCUT2D eigenvalue weighted by Crippen LogP contribution is -2.61. The van der Waals surface area contributed by atoms with E-state index < -0.39 is 188 Å². The zero-order valence-corrected chi connectivity index (χ0v) is 53.9. The second-order valence-electron chi connectivity index (χ2n) is 24.0. The Bertz CT molecular complexity index is 2810. The number of carboxylic acids is 3. The summed E-state index contributed by atoms with van der Waals surface area (Å²) in [4.78, 5) is 210. The molecule has 0 bridgehead atoms. The number of amides is 12. The number of H-pyrrole nitrogens is 1. The van der Waals surface area contributed by atoms with Gasteiger partial charge in [-0.3, -0.25) is 72.1 Å². The van der Waals surface area contributed by atoms with Crippen molar-refractivity contribution < 1.29 is 87.2 Å². The number of hydrogen-bond acceptors (Lipinski definition) is 18. The second kappa shape index (κ2) is 39.7. The highest BCUT2D eigenvalue weighted by atomic mass is 16.4. The van der Waals surface area contributed by atoms with E-state index in [-0.39, 0.29) is 87.4 Å².